The van der Waals surface area contributed by atoms with E-state index in [-0.39, 0.29) is 0 Å². The number of rotatable bonds is 7. The van der Waals surface area contributed by atoms with Crippen molar-refractivity contribution in [3.63, 3.8) is 0 Å². The minimum absolute atomic E-state index is 0.570. The van der Waals surface area contributed by atoms with Crippen molar-refractivity contribution in [1.82, 2.24) is 9.97 Å². The zero-order chi connectivity index (χ0) is 18.2. The summed E-state index contributed by atoms with van der Waals surface area (Å²) in [5.74, 6) is 2.21. The molecule has 3 aromatic rings. The van der Waals surface area contributed by atoms with E-state index in [4.69, 9.17) is 10.00 Å². The Morgan fingerprint density at radius 1 is 1.04 bits per heavy atom. The van der Waals surface area contributed by atoms with Gasteiger partial charge in [0.05, 0.1) is 18.4 Å². The molecule has 0 aliphatic carbocycles. The Balaban J connectivity index is 1.59. The Morgan fingerprint density at radius 2 is 1.81 bits per heavy atom. The average molecular weight is 345 g/mol. The van der Waals surface area contributed by atoms with Gasteiger partial charge in [0.25, 0.3) is 0 Å². The van der Waals surface area contributed by atoms with Crippen LogP contribution in [0.25, 0.3) is 0 Å². The third kappa shape index (κ3) is 4.48. The molecule has 0 aliphatic heterocycles. The normalized spacial score (nSPS) is 10.0. The van der Waals surface area contributed by atoms with Crippen molar-refractivity contribution < 1.29 is 4.74 Å². The number of aromatic nitrogens is 2. The van der Waals surface area contributed by atoms with Crippen LogP contribution in [0.4, 0.5) is 17.3 Å². The van der Waals surface area contributed by atoms with E-state index in [1.54, 1.807) is 13.2 Å². The van der Waals surface area contributed by atoms with Gasteiger partial charge in [-0.3, -0.25) is 0 Å². The largest absolute Gasteiger partial charge is 0.497 e. The molecule has 0 saturated heterocycles. The second-order valence-electron chi connectivity index (χ2n) is 5.60. The lowest BCUT2D eigenvalue weighted by atomic mass is 10.1. The Hall–Kier alpha value is -3.59. The zero-order valence-corrected chi connectivity index (χ0v) is 14.4. The number of ether oxygens (including phenoxy) is 1. The number of benzene rings is 2. The quantitative estimate of drug-likeness (QED) is 0.678. The van der Waals surface area contributed by atoms with Crippen LogP contribution < -0.4 is 15.4 Å². The molecule has 130 valence electrons. The predicted molar refractivity (Wildman–Crippen MR) is 102 cm³/mol. The first-order chi connectivity index (χ1) is 12.8. The molecule has 0 saturated carbocycles. The van der Waals surface area contributed by atoms with E-state index < -0.39 is 0 Å². The van der Waals surface area contributed by atoms with Gasteiger partial charge in [-0.05, 0) is 36.2 Å². The van der Waals surface area contributed by atoms with Crippen molar-refractivity contribution in [2.24, 2.45) is 0 Å². The molecule has 2 aromatic carbocycles. The van der Waals surface area contributed by atoms with Gasteiger partial charge in [0.2, 0.25) is 0 Å². The highest BCUT2D eigenvalue weighted by molar-refractivity contribution is 5.65. The lowest BCUT2D eigenvalue weighted by Crippen LogP contribution is -2.07. The van der Waals surface area contributed by atoms with Crippen LogP contribution in [-0.2, 0) is 6.42 Å². The van der Waals surface area contributed by atoms with Gasteiger partial charge in [-0.2, -0.15) is 5.26 Å². The molecular weight excluding hydrogens is 326 g/mol. The number of nitrogens with zero attached hydrogens (tertiary/aromatic N) is 3. The third-order valence-electron chi connectivity index (χ3n) is 3.86. The first-order valence-electron chi connectivity index (χ1n) is 8.23. The summed E-state index contributed by atoms with van der Waals surface area (Å²) in [4.78, 5) is 8.44. The van der Waals surface area contributed by atoms with Crippen LogP contribution in [0.3, 0.4) is 0 Å². The molecule has 6 heteroatoms. The van der Waals surface area contributed by atoms with Crippen molar-refractivity contribution in [3.05, 3.63) is 72.1 Å². The number of methoxy groups -OCH3 is 1. The van der Waals surface area contributed by atoms with Gasteiger partial charge in [-0.25, -0.2) is 9.97 Å². The molecule has 0 unspecified atom stereocenters. The van der Waals surface area contributed by atoms with E-state index in [2.05, 4.69) is 26.7 Å². The van der Waals surface area contributed by atoms with Crippen molar-refractivity contribution in [1.29, 1.82) is 5.26 Å². The molecule has 6 nitrogen and oxygen atoms in total. The van der Waals surface area contributed by atoms with E-state index in [1.165, 1.54) is 11.9 Å². The molecule has 0 spiro atoms. The van der Waals surface area contributed by atoms with E-state index in [9.17, 15) is 0 Å². The van der Waals surface area contributed by atoms with Gasteiger partial charge in [0, 0.05) is 12.6 Å². The number of hydrogen-bond donors (Lipinski definition) is 2. The van der Waals surface area contributed by atoms with Crippen molar-refractivity contribution in [2.45, 2.75) is 6.42 Å². The number of anilines is 3. The van der Waals surface area contributed by atoms with Gasteiger partial charge >= 0.3 is 0 Å². The Labute approximate surface area is 152 Å². The topological polar surface area (TPSA) is 82.9 Å². The third-order valence-corrected chi connectivity index (χ3v) is 3.86. The van der Waals surface area contributed by atoms with E-state index in [0.717, 1.165) is 30.2 Å². The first-order valence-corrected chi connectivity index (χ1v) is 8.23. The van der Waals surface area contributed by atoms with Gasteiger partial charge in [-0.15, -0.1) is 0 Å². The fraction of sp³-hybridized carbons (Fsp3) is 0.150. The van der Waals surface area contributed by atoms with Gasteiger partial charge in [0.1, 0.15) is 29.8 Å². The minimum atomic E-state index is 0.570. The SMILES string of the molecule is COc1ccc(CCNc2cc(Nc3ccccc3C#N)ncn2)cc1. The molecule has 2 N–H and O–H groups in total. The fourth-order valence-corrected chi connectivity index (χ4v) is 2.48. The van der Waals surface area contributed by atoms with Crippen molar-refractivity contribution >= 4 is 17.3 Å². The summed E-state index contributed by atoms with van der Waals surface area (Å²) in [7, 11) is 1.66. The van der Waals surface area contributed by atoms with Crippen LogP contribution in [0.5, 0.6) is 5.75 Å². The van der Waals surface area contributed by atoms with Crippen molar-refractivity contribution in [2.75, 3.05) is 24.3 Å². The maximum atomic E-state index is 9.17. The Kier molecular flexibility index (Phi) is 5.63. The molecule has 0 radical (unpaired) electrons. The van der Waals surface area contributed by atoms with Crippen molar-refractivity contribution in [3.8, 4) is 11.8 Å². The monoisotopic (exact) mass is 345 g/mol. The van der Waals surface area contributed by atoms with Crippen LogP contribution >= 0.6 is 0 Å². The highest BCUT2D eigenvalue weighted by Gasteiger charge is 2.04. The molecule has 0 fully saturated rings. The van der Waals surface area contributed by atoms with Gasteiger partial charge in [0.15, 0.2) is 0 Å². The molecule has 1 aromatic heterocycles. The second-order valence-corrected chi connectivity index (χ2v) is 5.60. The summed E-state index contributed by atoms with van der Waals surface area (Å²) in [5, 5.41) is 15.6. The molecule has 0 aliphatic rings. The summed E-state index contributed by atoms with van der Waals surface area (Å²) in [5.41, 5.74) is 2.51. The number of para-hydroxylation sites is 1. The number of hydrogen-bond acceptors (Lipinski definition) is 6. The lowest BCUT2D eigenvalue weighted by Gasteiger charge is -2.10. The Morgan fingerprint density at radius 3 is 2.58 bits per heavy atom. The van der Waals surface area contributed by atoms with E-state index in [1.807, 2.05) is 48.5 Å². The van der Waals surface area contributed by atoms with E-state index >= 15 is 0 Å². The van der Waals surface area contributed by atoms with Crippen LogP contribution in [0, 0.1) is 11.3 Å². The summed E-state index contributed by atoms with van der Waals surface area (Å²) in [6, 6.07) is 19.3. The number of nitrogens with one attached hydrogen (secondary N) is 2. The minimum Gasteiger partial charge on any atom is -0.497 e. The molecule has 3 rings (SSSR count). The standard InChI is InChI=1S/C20H19N5O/c1-26-17-8-6-15(7-9-17)10-11-22-19-12-20(24-14-23-19)25-18-5-3-2-4-16(18)13-21/h2-9,12,14H,10-11H2,1H3,(H2,22,23,24,25). The summed E-state index contributed by atoms with van der Waals surface area (Å²) < 4.78 is 5.16. The lowest BCUT2D eigenvalue weighted by molar-refractivity contribution is 0.414. The molecule has 26 heavy (non-hydrogen) atoms. The van der Waals surface area contributed by atoms with Gasteiger partial charge in [-0.1, -0.05) is 24.3 Å². The summed E-state index contributed by atoms with van der Waals surface area (Å²) >= 11 is 0. The highest BCUT2D eigenvalue weighted by Crippen LogP contribution is 2.20. The van der Waals surface area contributed by atoms with Crippen LogP contribution in [0.1, 0.15) is 11.1 Å². The average Bonchev–Trinajstić information content (AvgIpc) is 2.69. The molecule has 1 heterocycles. The van der Waals surface area contributed by atoms with Crippen LogP contribution in [0.2, 0.25) is 0 Å². The second kappa shape index (κ2) is 8.49. The predicted octanol–water partition coefficient (Wildman–Crippen LogP) is 3.76. The summed E-state index contributed by atoms with van der Waals surface area (Å²) in [6.07, 6.45) is 2.36. The smallest absolute Gasteiger partial charge is 0.135 e. The maximum absolute atomic E-state index is 9.17. The molecule has 0 amide bonds. The van der Waals surface area contributed by atoms with Crippen LogP contribution in [0.15, 0.2) is 60.9 Å². The maximum Gasteiger partial charge on any atom is 0.135 e. The van der Waals surface area contributed by atoms with Gasteiger partial charge < -0.3 is 15.4 Å². The fourth-order valence-electron chi connectivity index (χ4n) is 2.48. The van der Waals surface area contributed by atoms with Crippen LogP contribution in [-0.4, -0.2) is 23.6 Å². The zero-order valence-electron chi connectivity index (χ0n) is 14.4. The highest BCUT2D eigenvalue weighted by atomic mass is 16.5. The summed E-state index contributed by atoms with van der Waals surface area (Å²) in [6.45, 7) is 0.748. The van der Waals surface area contributed by atoms with E-state index in [0.29, 0.717) is 11.4 Å². The molecule has 0 atom stereocenters. The number of nitriles is 1. The molecule has 0 bridgehead atoms. The first kappa shape index (κ1) is 17.2. The Bertz CT molecular complexity index is 903. The molecular formula is C20H19N5O.